The second kappa shape index (κ2) is 7.00. The third-order valence-corrected chi connectivity index (χ3v) is 3.73. The van der Waals surface area contributed by atoms with Gasteiger partial charge in [0.05, 0.1) is 12.1 Å². The predicted octanol–water partition coefficient (Wildman–Crippen LogP) is 5.41. The van der Waals surface area contributed by atoms with Gasteiger partial charge in [-0.2, -0.15) is 0 Å². The Morgan fingerprint density at radius 1 is 1.08 bits per heavy atom. The van der Waals surface area contributed by atoms with Crippen molar-refractivity contribution in [1.82, 2.24) is 4.57 Å². The summed E-state index contributed by atoms with van der Waals surface area (Å²) in [6.45, 7) is 5.74. The van der Waals surface area contributed by atoms with Gasteiger partial charge in [0.2, 0.25) is 5.88 Å². The lowest BCUT2D eigenvalue weighted by molar-refractivity contribution is 0.0592. The lowest BCUT2D eigenvalue weighted by Crippen LogP contribution is -2.21. The van der Waals surface area contributed by atoms with Crippen molar-refractivity contribution < 1.29 is 14.6 Å². The molecule has 0 spiro atoms. The first-order valence-corrected chi connectivity index (χ1v) is 8.34. The van der Waals surface area contributed by atoms with Crippen molar-refractivity contribution in [3.8, 4) is 5.88 Å². The normalized spacial score (nSPS) is 12.0. The number of aromatic hydroxyl groups is 1. The quantitative estimate of drug-likeness (QED) is 0.641. The van der Waals surface area contributed by atoms with Crippen molar-refractivity contribution in [2.75, 3.05) is 0 Å². The Kier molecular flexibility index (Phi) is 4.75. The fraction of sp³-hybridized carbons (Fsp3) is 0.250. The van der Waals surface area contributed by atoms with Gasteiger partial charge in [-0.25, -0.2) is 4.79 Å². The van der Waals surface area contributed by atoms with Crippen molar-refractivity contribution in [2.24, 2.45) is 10.2 Å². The molecule has 1 amide bonds. The monoisotopic (exact) mass is 351 g/mol. The smallest absolute Gasteiger partial charge is 0.452 e. The highest BCUT2D eigenvalue weighted by atomic mass is 16.6. The van der Waals surface area contributed by atoms with Crippen molar-refractivity contribution in [3.05, 3.63) is 60.2 Å². The first kappa shape index (κ1) is 17.7. The summed E-state index contributed by atoms with van der Waals surface area (Å²) in [6.07, 6.45) is -0.795. The van der Waals surface area contributed by atoms with E-state index in [-0.39, 0.29) is 11.6 Å². The minimum atomic E-state index is -0.795. The maximum absolute atomic E-state index is 11.8. The molecule has 0 saturated carbocycles. The first-order valence-electron chi connectivity index (χ1n) is 8.34. The van der Waals surface area contributed by atoms with Gasteiger partial charge in [-0.1, -0.05) is 53.6 Å². The molecule has 26 heavy (non-hydrogen) atoms. The second-order valence-corrected chi connectivity index (χ2v) is 6.94. The van der Waals surface area contributed by atoms with E-state index in [9.17, 15) is 9.90 Å². The number of rotatable bonds is 3. The standard InChI is InChI=1S/C20H21N3O3/c1-20(2,3)26-19(25)22-21-17-15-11-7-8-12-16(15)23(18(17)24)13-14-9-5-4-6-10-14/h4-12,24H,13H2,1-3H3. The molecule has 0 atom stereocenters. The fourth-order valence-corrected chi connectivity index (χ4v) is 2.67. The van der Waals surface area contributed by atoms with Crippen molar-refractivity contribution >= 4 is 22.7 Å². The molecule has 1 aromatic heterocycles. The summed E-state index contributed by atoms with van der Waals surface area (Å²) in [6, 6.07) is 17.3. The van der Waals surface area contributed by atoms with E-state index in [4.69, 9.17) is 4.74 Å². The minimum Gasteiger partial charge on any atom is -0.493 e. The molecule has 2 aromatic carbocycles. The van der Waals surface area contributed by atoms with Crippen LogP contribution in [0.5, 0.6) is 5.88 Å². The molecule has 134 valence electrons. The molecule has 0 fully saturated rings. The van der Waals surface area contributed by atoms with Gasteiger partial charge in [-0.15, -0.1) is 5.11 Å². The molecule has 0 radical (unpaired) electrons. The SMILES string of the molecule is CC(C)(C)OC(=O)N=Nc1c(O)n(Cc2ccccc2)c2ccccc12. The van der Waals surface area contributed by atoms with Crippen LogP contribution >= 0.6 is 0 Å². The number of hydrogen-bond donors (Lipinski definition) is 1. The van der Waals surface area contributed by atoms with Gasteiger partial charge in [-0.05, 0) is 32.4 Å². The highest BCUT2D eigenvalue weighted by molar-refractivity contribution is 5.95. The number of nitrogens with zero attached hydrogens (tertiary/aromatic N) is 3. The topological polar surface area (TPSA) is 76.2 Å². The molecule has 0 aliphatic carbocycles. The van der Waals surface area contributed by atoms with Gasteiger partial charge in [0.1, 0.15) is 5.60 Å². The van der Waals surface area contributed by atoms with Crippen LogP contribution in [0.2, 0.25) is 0 Å². The molecule has 0 bridgehead atoms. The summed E-state index contributed by atoms with van der Waals surface area (Å²) in [5.41, 5.74) is 1.45. The average molecular weight is 351 g/mol. The molecule has 0 unspecified atom stereocenters. The Morgan fingerprint density at radius 3 is 2.42 bits per heavy atom. The summed E-state index contributed by atoms with van der Waals surface area (Å²) < 4.78 is 6.87. The van der Waals surface area contributed by atoms with Crippen LogP contribution < -0.4 is 0 Å². The fourth-order valence-electron chi connectivity index (χ4n) is 2.67. The molecule has 0 saturated heterocycles. The Bertz CT molecular complexity index is 954. The van der Waals surface area contributed by atoms with E-state index in [0.717, 1.165) is 11.1 Å². The average Bonchev–Trinajstić information content (AvgIpc) is 2.85. The summed E-state index contributed by atoms with van der Waals surface area (Å²) in [7, 11) is 0. The van der Waals surface area contributed by atoms with E-state index in [1.165, 1.54) is 0 Å². The van der Waals surface area contributed by atoms with E-state index in [1.807, 2.05) is 54.6 Å². The molecule has 3 rings (SSSR count). The molecule has 6 nitrogen and oxygen atoms in total. The number of hydrogen-bond acceptors (Lipinski definition) is 4. The number of carbonyl (C=O) groups is 1. The van der Waals surface area contributed by atoms with Gasteiger partial charge in [0.25, 0.3) is 0 Å². The van der Waals surface area contributed by atoms with Crippen LogP contribution in [0, 0.1) is 0 Å². The third kappa shape index (κ3) is 3.91. The zero-order chi connectivity index (χ0) is 18.7. The number of azo groups is 1. The third-order valence-electron chi connectivity index (χ3n) is 3.73. The van der Waals surface area contributed by atoms with Gasteiger partial charge >= 0.3 is 6.09 Å². The summed E-state index contributed by atoms with van der Waals surface area (Å²) >= 11 is 0. The Morgan fingerprint density at radius 2 is 1.73 bits per heavy atom. The van der Waals surface area contributed by atoms with E-state index in [1.54, 1.807) is 25.3 Å². The van der Waals surface area contributed by atoms with E-state index in [2.05, 4.69) is 10.2 Å². The van der Waals surface area contributed by atoms with Gasteiger partial charge in [-0.3, -0.25) is 0 Å². The molecule has 1 heterocycles. The van der Waals surface area contributed by atoms with E-state index in [0.29, 0.717) is 11.9 Å². The van der Waals surface area contributed by atoms with Crippen LogP contribution in [-0.2, 0) is 11.3 Å². The van der Waals surface area contributed by atoms with Crippen molar-refractivity contribution in [2.45, 2.75) is 32.9 Å². The zero-order valence-corrected chi connectivity index (χ0v) is 15.0. The predicted molar refractivity (Wildman–Crippen MR) is 99.9 cm³/mol. The summed E-state index contributed by atoms with van der Waals surface area (Å²) in [5.74, 6) is -0.0395. The van der Waals surface area contributed by atoms with Crippen molar-refractivity contribution in [3.63, 3.8) is 0 Å². The van der Waals surface area contributed by atoms with Gasteiger partial charge < -0.3 is 14.4 Å². The second-order valence-electron chi connectivity index (χ2n) is 6.94. The highest BCUT2D eigenvalue weighted by Crippen LogP contribution is 2.39. The Labute approximate surface area is 151 Å². The molecule has 3 aromatic rings. The molecule has 1 N–H and O–H groups in total. The highest BCUT2D eigenvalue weighted by Gasteiger charge is 2.19. The molecule has 0 aliphatic heterocycles. The number of amides is 1. The number of fused-ring (bicyclic) bond motifs is 1. The molecular formula is C20H21N3O3. The van der Waals surface area contributed by atoms with Crippen LogP contribution in [0.3, 0.4) is 0 Å². The number of aromatic nitrogens is 1. The van der Waals surface area contributed by atoms with Crippen LogP contribution in [0.1, 0.15) is 26.3 Å². The lowest BCUT2D eigenvalue weighted by Gasteiger charge is -2.16. The maximum atomic E-state index is 11.8. The van der Waals surface area contributed by atoms with E-state index < -0.39 is 11.7 Å². The minimum absolute atomic E-state index is 0.0395. The maximum Gasteiger partial charge on any atom is 0.452 e. The summed E-state index contributed by atoms with van der Waals surface area (Å²) in [4.78, 5) is 11.8. The number of carbonyl (C=O) groups excluding carboxylic acids is 1. The van der Waals surface area contributed by atoms with Crippen LogP contribution in [0.15, 0.2) is 64.8 Å². The van der Waals surface area contributed by atoms with Gasteiger partial charge in [0, 0.05) is 5.39 Å². The van der Waals surface area contributed by atoms with Crippen LogP contribution in [0.4, 0.5) is 10.5 Å². The molecule has 6 heteroatoms. The number of para-hydroxylation sites is 1. The van der Waals surface area contributed by atoms with E-state index >= 15 is 0 Å². The zero-order valence-electron chi connectivity index (χ0n) is 15.0. The lowest BCUT2D eigenvalue weighted by atomic mass is 10.2. The largest absolute Gasteiger partial charge is 0.493 e. The number of benzene rings is 2. The van der Waals surface area contributed by atoms with Crippen LogP contribution in [0.25, 0.3) is 10.9 Å². The van der Waals surface area contributed by atoms with Gasteiger partial charge in [0.15, 0.2) is 5.69 Å². The molecule has 0 aliphatic rings. The Hall–Kier alpha value is -3.15. The Balaban J connectivity index is 1.99. The number of ether oxygens (including phenoxy) is 1. The first-order chi connectivity index (χ1) is 12.3. The molecular weight excluding hydrogens is 330 g/mol. The summed E-state index contributed by atoms with van der Waals surface area (Å²) in [5, 5.41) is 19.0. The van der Waals surface area contributed by atoms with Crippen molar-refractivity contribution in [1.29, 1.82) is 0 Å². The van der Waals surface area contributed by atoms with Crippen LogP contribution in [-0.4, -0.2) is 21.4 Å².